The first-order valence-electron chi connectivity index (χ1n) is 5.50. The summed E-state index contributed by atoms with van der Waals surface area (Å²) in [5.41, 5.74) is 0.693. The van der Waals surface area contributed by atoms with Crippen molar-refractivity contribution < 1.29 is 14.6 Å². The molecule has 0 heterocycles. The summed E-state index contributed by atoms with van der Waals surface area (Å²) < 4.78 is 5.40. The Kier molecular flexibility index (Phi) is 4.99. The highest BCUT2D eigenvalue weighted by molar-refractivity contribution is 5.74. The Morgan fingerprint density at radius 1 is 1.31 bits per heavy atom. The SMILES string of the molecule is CC(C)CCO[C@@H](C(=O)O)c1ccccc1. The number of carboxylic acids is 1. The van der Waals surface area contributed by atoms with E-state index in [2.05, 4.69) is 13.8 Å². The average Bonchev–Trinajstić information content (AvgIpc) is 2.25. The maximum atomic E-state index is 11.1. The highest BCUT2D eigenvalue weighted by atomic mass is 16.5. The van der Waals surface area contributed by atoms with Crippen LogP contribution < -0.4 is 0 Å². The second-order valence-electron chi connectivity index (χ2n) is 4.18. The van der Waals surface area contributed by atoms with Crippen molar-refractivity contribution in [3.63, 3.8) is 0 Å². The van der Waals surface area contributed by atoms with Crippen LogP contribution in [0.2, 0.25) is 0 Å². The Hall–Kier alpha value is -1.35. The van der Waals surface area contributed by atoms with Crippen LogP contribution in [0.3, 0.4) is 0 Å². The molecule has 0 aliphatic rings. The van der Waals surface area contributed by atoms with Crippen molar-refractivity contribution in [3.05, 3.63) is 35.9 Å². The van der Waals surface area contributed by atoms with E-state index in [1.807, 2.05) is 18.2 Å². The lowest BCUT2D eigenvalue weighted by molar-refractivity contribution is -0.151. The molecule has 0 unspecified atom stereocenters. The number of hydrogen-bond acceptors (Lipinski definition) is 2. The summed E-state index contributed by atoms with van der Waals surface area (Å²) in [4.78, 5) is 11.1. The largest absolute Gasteiger partial charge is 0.479 e. The Labute approximate surface area is 96.1 Å². The fourth-order valence-electron chi connectivity index (χ4n) is 1.36. The van der Waals surface area contributed by atoms with Crippen LogP contribution in [0.15, 0.2) is 30.3 Å². The number of aliphatic carboxylic acids is 1. The lowest BCUT2D eigenvalue weighted by Gasteiger charge is -2.14. The fourth-order valence-corrected chi connectivity index (χ4v) is 1.36. The first kappa shape index (κ1) is 12.7. The molecule has 1 atom stereocenters. The minimum atomic E-state index is -0.935. The van der Waals surface area contributed by atoms with Crippen LogP contribution in [0, 0.1) is 5.92 Å². The molecule has 0 aliphatic heterocycles. The summed E-state index contributed by atoms with van der Waals surface area (Å²) in [5, 5.41) is 9.07. The molecule has 0 saturated carbocycles. The minimum Gasteiger partial charge on any atom is -0.479 e. The number of carbonyl (C=O) groups is 1. The summed E-state index contributed by atoms with van der Waals surface area (Å²) in [7, 11) is 0. The van der Waals surface area contributed by atoms with Gasteiger partial charge in [0.2, 0.25) is 0 Å². The lowest BCUT2D eigenvalue weighted by Crippen LogP contribution is -2.16. The fraction of sp³-hybridized carbons (Fsp3) is 0.462. The third kappa shape index (κ3) is 4.03. The van der Waals surface area contributed by atoms with Gasteiger partial charge >= 0.3 is 5.97 Å². The molecule has 16 heavy (non-hydrogen) atoms. The van der Waals surface area contributed by atoms with Crippen molar-refractivity contribution in [2.45, 2.75) is 26.4 Å². The van der Waals surface area contributed by atoms with Gasteiger partial charge in [-0.3, -0.25) is 0 Å². The summed E-state index contributed by atoms with van der Waals surface area (Å²) in [6, 6.07) is 9.03. The molecular formula is C13H18O3. The molecule has 1 aromatic carbocycles. The van der Waals surface area contributed by atoms with E-state index in [4.69, 9.17) is 9.84 Å². The van der Waals surface area contributed by atoms with E-state index in [1.165, 1.54) is 0 Å². The molecule has 0 fully saturated rings. The molecule has 1 N–H and O–H groups in total. The number of ether oxygens (including phenoxy) is 1. The Morgan fingerprint density at radius 2 is 1.94 bits per heavy atom. The van der Waals surface area contributed by atoms with Crippen LogP contribution in [-0.2, 0) is 9.53 Å². The number of carboxylic acid groups (broad SMARTS) is 1. The van der Waals surface area contributed by atoms with Gasteiger partial charge in [-0.1, -0.05) is 44.2 Å². The molecule has 0 radical (unpaired) electrons. The third-order valence-corrected chi connectivity index (χ3v) is 2.31. The van der Waals surface area contributed by atoms with Crippen LogP contribution in [0.4, 0.5) is 0 Å². The van der Waals surface area contributed by atoms with E-state index in [1.54, 1.807) is 12.1 Å². The molecule has 1 rings (SSSR count). The van der Waals surface area contributed by atoms with Crippen LogP contribution in [-0.4, -0.2) is 17.7 Å². The van der Waals surface area contributed by atoms with E-state index in [0.717, 1.165) is 6.42 Å². The molecule has 3 nitrogen and oxygen atoms in total. The molecular weight excluding hydrogens is 204 g/mol. The predicted molar refractivity (Wildman–Crippen MR) is 62.2 cm³/mol. The van der Waals surface area contributed by atoms with Crippen molar-refractivity contribution in [2.24, 2.45) is 5.92 Å². The van der Waals surface area contributed by atoms with Crippen molar-refractivity contribution in [2.75, 3.05) is 6.61 Å². The summed E-state index contributed by atoms with van der Waals surface area (Å²) in [6.45, 7) is 4.65. The molecule has 0 saturated heterocycles. The normalized spacial score (nSPS) is 12.7. The van der Waals surface area contributed by atoms with E-state index >= 15 is 0 Å². The number of hydrogen-bond donors (Lipinski definition) is 1. The van der Waals surface area contributed by atoms with Gasteiger partial charge in [0.15, 0.2) is 6.10 Å². The Morgan fingerprint density at radius 3 is 2.44 bits per heavy atom. The van der Waals surface area contributed by atoms with Gasteiger partial charge in [0.1, 0.15) is 0 Å². The molecule has 0 aliphatic carbocycles. The second kappa shape index (κ2) is 6.28. The second-order valence-corrected chi connectivity index (χ2v) is 4.18. The zero-order valence-corrected chi connectivity index (χ0v) is 9.72. The monoisotopic (exact) mass is 222 g/mol. The summed E-state index contributed by atoms with van der Waals surface area (Å²) in [5.74, 6) is -0.417. The quantitative estimate of drug-likeness (QED) is 0.805. The van der Waals surface area contributed by atoms with E-state index < -0.39 is 12.1 Å². The van der Waals surface area contributed by atoms with Gasteiger partial charge in [-0.05, 0) is 17.9 Å². The van der Waals surface area contributed by atoms with Crippen molar-refractivity contribution in [1.82, 2.24) is 0 Å². The zero-order valence-electron chi connectivity index (χ0n) is 9.72. The number of benzene rings is 1. The Balaban J connectivity index is 2.59. The summed E-state index contributed by atoms with van der Waals surface area (Å²) in [6.07, 6.45) is 0.0244. The molecule has 3 heteroatoms. The maximum absolute atomic E-state index is 11.1. The van der Waals surface area contributed by atoms with Crippen molar-refractivity contribution in [1.29, 1.82) is 0 Å². The molecule has 0 bridgehead atoms. The standard InChI is InChI=1S/C13H18O3/c1-10(2)8-9-16-12(13(14)15)11-6-4-3-5-7-11/h3-7,10,12H,8-9H2,1-2H3,(H,14,15)/t12-/m1/s1. The smallest absolute Gasteiger partial charge is 0.337 e. The van der Waals surface area contributed by atoms with Crippen LogP contribution >= 0.6 is 0 Å². The van der Waals surface area contributed by atoms with Crippen LogP contribution in [0.5, 0.6) is 0 Å². The third-order valence-electron chi connectivity index (χ3n) is 2.31. The summed E-state index contributed by atoms with van der Waals surface area (Å²) >= 11 is 0. The van der Waals surface area contributed by atoms with Gasteiger partial charge in [-0.15, -0.1) is 0 Å². The Bertz CT molecular complexity index is 319. The van der Waals surface area contributed by atoms with Gasteiger partial charge in [-0.25, -0.2) is 4.79 Å². The highest BCUT2D eigenvalue weighted by Gasteiger charge is 2.19. The highest BCUT2D eigenvalue weighted by Crippen LogP contribution is 2.18. The van der Waals surface area contributed by atoms with Gasteiger partial charge in [0.05, 0.1) is 0 Å². The first-order chi connectivity index (χ1) is 7.61. The van der Waals surface area contributed by atoms with Gasteiger partial charge < -0.3 is 9.84 Å². The topological polar surface area (TPSA) is 46.5 Å². The molecule has 0 amide bonds. The van der Waals surface area contributed by atoms with Crippen molar-refractivity contribution in [3.8, 4) is 0 Å². The van der Waals surface area contributed by atoms with Crippen LogP contribution in [0.25, 0.3) is 0 Å². The van der Waals surface area contributed by atoms with Gasteiger partial charge in [0, 0.05) is 6.61 Å². The number of rotatable bonds is 6. The van der Waals surface area contributed by atoms with Gasteiger partial charge in [0.25, 0.3) is 0 Å². The van der Waals surface area contributed by atoms with E-state index in [-0.39, 0.29) is 0 Å². The minimum absolute atomic E-state index is 0.476. The maximum Gasteiger partial charge on any atom is 0.337 e. The predicted octanol–water partition coefficient (Wildman–Crippen LogP) is 2.88. The van der Waals surface area contributed by atoms with Gasteiger partial charge in [-0.2, -0.15) is 0 Å². The van der Waals surface area contributed by atoms with Crippen LogP contribution in [0.1, 0.15) is 31.9 Å². The zero-order chi connectivity index (χ0) is 12.0. The molecule has 88 valence electrons. The van der Waals surface area contributed by atoms with E-state index in [9.17, 15) is 4.79 Å². The molecule has 0 aromatic heterocycles. The molecule has 1 aromatic rings. The lowest BCUT2D eigenvalue weighted by atomic mass is 10.1. The molecule has 0 spiro atoms. The average molecular weight is 222 g/mol. The van der Waals surface area contributed by atoms with Crippen molar-refractivity contribution >= 4 is 5.97 Å². The van der Waals surface area contributed by atoms with E-state index in [0.29, 0.717) is 18.1 Å². The first-order valence-corrected chi connectivity index (χ1v) is 5.50.